The van der Waals surface area contributed by atoms with Crippen LogP contribution < -0.4 is 0 Å². The molecule has 1 aromatic rings. The van der Waals surface area contributed by atoms with Gasteiger partial charge in [-0.3, -0.25) is 4.79 Å². The lowest BCUT2D eigenvalue weighted by Crippen LogP contribution is -2.37. The predicted molar refractivity (Wildman–Crippen MR) is 63.9 cm³/mol. The van der Waals surface area contributed by atoms with E-state index >= 15 is 0 Å². The minimum Gasteiger partial charge on any atom is -0.341 e. The Hall–Kier alpha value is -0.960. The molecule has 1 atom stereocenters. The van der Waals surface area contributed by atoms with Crippen molar-refractivity contribution >= 4 is 17.7 Å². The van der Waals surface area contributed by atoms with Crippen molar-refractivity contribution in [2.45, 2.75) is 12.2 Å². The quantitative estimate of drug-likeness (QED) is 0.725. The zero-order valence-corrected chi connectivity index (χ0v) is 9.67. The van der Waals surface area contributed by atoms with Gasteiger partial charge in [-0.1, -0.05) is 30.3 Å². The lowest BCUT2D eigenvalue weighted by molar-refractivity contribution is -0.128. The molecule has 0 N–H and O–H groups in total. The van der Waals surface area contributed by atoms with E-state index in [1.807, 2.05) is 22.7 Å². The van der Waals surface area contributed by atoms with Crippen molar-refractivity contribution in [2.24, 2.45) is 0 Å². The van der Waals surface area contributed by atoms with Crippen molar-refractivity contribution in [1.29, 1.82) is 0 Å². The molecule has 1 fully saturated rings. The Bertz CT molecular complexity index is 339. The number of nitrogens with zero attached hydrogens (tertiary/aromatic N) is 1. The van der Waals surface area contributed by atoms with Crippen molar-refractivity contribution in [2.75, 3.05) is 18.8 Å². The number of rotatable bonds is 1. The Morgan fingerprint density at radius 2 is 2.13 bits per heavy atom. The SMILES string of the molecule is CC(=O)N1CCSC(c2ccccc2)C1. The third-order valence-corrected chi connectivity index (χ3v) is 3.93. The molecule has 3 heteroatoms. The van der Waals surface area contributed by atoms with Gasteiger partial charge in [0.25, 0.3) is 0 Å². The molecule has 0 spiro atoms. The smallest absolute Gasteiger partial charge is 0.219 e. The van der Waals surface area contributed by atoms with Gasteiger partial charge in [0.2, 0.25) is 5.91 Å². The predicted octanol–water partition coefficient (Wildman–Crippen LogP) is 2.32. The molecular weight excluding hydrogens is 206 g/mol. The Labute approximate surface area is 94.7 Å². The van der Waals surface area contributed by atoms with Gasteiger partial charge in [0.15, 0.2) is 0 Å². The molecule has 0 bridgehead atoms. The van der Waals surface area contributed by atoms with Gasteiger partial charge >= 0.3 is 0 Å². The maximum Gasteiger partial charge on any atom is 0.219 e. The van der Waals surface area contributed by atoms with Gasteiger partial charge in [-0.05, 0) is 5.56 Å². The minimum absolute atomic E-state index is 0.191. The van der Waals surface area contributed by atoms with Gasteiger partial charge in [-0.15, -0.1) is 0 Å². The molecular formula is C12H15NOS. The van der Waals surface area contributed by atoms with Crippen LogP contribution >= 0.6 is 11.8 Å². The monoisotopic (exact) mass is 221 g/mol. The second-order valence-electron chi connectivity index (χ2n) is 3.74. The molecule has 1 saturated heterocycles. The number of carbonyl (C=O) groups excluding carboxylic acids is 1. The maximum absolute atomic E-state index is 11.3. The maximum atomic E-state index is 11.3. The Balaban J connectivity index is 2.08. The topological polar surface area (TPSA) is 20.3 Å². The summed E-state index contributed by atoms with van der Waals surface area (Å²) in [5.74, 6) is 1.23. The van der Waals surface area contributed by atoms with E-state index in [0.29, 0.717) is 5.25 Å². The molecule has 1 aliphatic heterocycles. The van der Waals surface area contributed by atoms with E-state index in [9.17, 15) is 4.79 Å². The molecule has 15 heavy (non-hydrogen) atoms. The molecule has 0 aromatic heterocycles. The van der Waals surface area contributed by atoms with Crippen LogP contribution in [0.1, 0.15) is 17.7 Å². The number of hydrogen-bond donors (Lipinski definition) is 0. The molecule has 0 aliphatic carbocycles. The van der Waals surface area contributed by atoms with E-state index < -0.39 is 0 Å². The van der Waals surface area contributed by atoms with E-state index in [2.05, 4.69) is 24.3 Å². The van der Waals surface area contributed by atoms with Crippen LogP contribution in [-0.2, 0) is 4.79 Å². The molecule has 1 aliphatic rings. The van der Waals surface area contributed by atoms with Crippen LogP contribution in [0.25, 0.3) is 0 Å². The fourth-order valence-electron chi connectivity index (χ4n) is 1.80. The summed E-state index contributed by atoms with van der Waals surface area (Å²) in [4.78, 5) is 13.2. The third kappa shape index (κ3) is 2.53. The van der Waals surface area contributed by atoms with Crippen LogP contribution in [0, 0.1) is 0 Å². The Morgan fingerprint density at radius 1 is 1.40 bits per heavy atom. The second-order valence-corrected chi connectivity index (χ2v) is 5.05. The zero-order chi connectivity index (χ0) is 10.7. The third-order valence-electron chi connectivity index (χ3n) is 2.68. The van der Waals surface area contributed by atoms with Crippen LogP contribution in [0.4, 0.5) is 0 Å². The lowest BCUT2D eigenvalue weighted by atomic mass is 10.1. The molecule has 0 saturated carbocycles. The fourth-order valence-corrected chi connectivity index (χ4v) is 3.05. The van der Waals surface area contributed by atoms with Gasteiger partial charge < -0.3 is 4.90 Å². The number of carbonyl (C=O) groups is 1. The first-order chi connectivity index (χ1) is 7.27. The summed E-state index contributed by atoms with van der Waals surface area (Å²) < 4.78 is 0. The summed E-state index contributed by atoms with van der Waals surface area (Å²) >= 11 is 1.94. The summed E-state index contributed by atoms with van der Waals surface area (Å²) in [5, 5.41) is 0.448. The van der Waals surface area contributed by atoms with Gasteiger partial charge in [0.05, 0.1) is 0 Å². The first-order valence-corrected chi connectivity index (χ1v) is 6.24. The minimum atomic E-state index is 0.191. The highest BCUT2D eigenvalue weighted by molar-refractivity contribution is 7.99. The number of hydrogen-bond acceptors (Lipinski definition) is 2. The zero-order valence-electron chi connectivity index (χ0n) is 8.85. The highest BCUT2D eigenvalue weighted by Crippen LogP contribution is 2.32. The molecule has 80 valence electrons. The summed E-state index contributed by atoms with van der Waals surface area (Å²) in [6.45, 7) is 3.39. The highest BCUT2D eigenvalue weighted by Gasteiger charge is 2.22. The standard InChI is InChI=1S/C12H15NOS/c1-10(14)13-7-8-15-12(9-13)11-5-3-2-4-6-11/h2-6,12H,7-9H2,1H3. The van der Waals surface area contributed by atoms with Crippen LogP contribution in [0.5, 0.6) is 0 Å². The second kappa shape index (κ2) is 4.71. The summed E-state index contributed by atoms with van der Waals surface area (Å²) in [6.07, 6.45) is 0. The Kier molecular flexibility index (Phi) is 3.31. The van der Waals surface area contributed by atoms with Crippen LogP contribution in [-0.4, -0.2) is 29.6 Å². The highest BCUT2D eigenvalue weighted by atomic mass is 32.2. The molecule has 1 aromatic carbocycles. The van der Waals surface area contributed by atoms with E-state index in [1.54, 1.807) is 6.92 Å². The van der Waals surface area contributed by atoms with E-state index in [4.69, 9.17) is 0 Å². The van der Waals surface area contributed by atoms with Crippen molar-refractivity contribution in [3.8, 4) is 0 Å². The fraction of sp³-hybridized carbons (Fsp3) is 0.417. The average Bonchev–Trinajstić information content (AvgIpc) is 2.30. The Morgan fingerprint density at radius 3 is 2.80 bits per heavy atom. The normalized spacial score (nSPS) is 21.4. The van der Waals surface area contributed by atoms with E-state index in [1.165, 1.54) is 5.56 Å². The van der Waals surface area contributed by atoms with Gasteiger partial charge in [-0.2, -0.15) is 11.8 Å². The van der Waals surface area contributed by atoms with Gasteiger partial charge in [0, 0.05) is 31.0 Å². The van der Waals surface area contributed by atoms with Crippen molar-refractivity contribution in [3.63, 3.8) is 0 Å². The molecule has 0 radical (unpaired) electrons. The summed E-state index contributed by atoms with van der Waals surface area (Å²) in [7, 11) is 0. The molecule has 2 rings (SSSR count). The van der Waals surface area contributed by atoms with Gasteiger partial charge in [-0.25, -0.2) is 0 Å². The lowest BCUT2D eigenvalue weighted by Gasteiger charge is -2.31. The number of amides is 1. The molecule has 2 nitrogen and oxygen atoms in total. The largest absolute Gasteiger partial charge is 0.341 e. The van der Waals surface area contributed by atoms with Crippen LogP contribution in [0.3, 0.4) is 0 Å². The van der Waals surface area contributed by atoms with Crippen molar-refractivity contribution in [1.82, 2.24) is 4.90 Å². The number of benzene rings is 1. The van der Waals surface area contributed by atoms with Crippen molar-refractivity contribution in [3.05, 3.63) is 35.9 Å². The van der Waals surface area contributed by atoms with Crippen molar-refractivity contribution < 1.29 is 4.79 Å². The summed E-state index contributed by atoms with van der Waals surface area (Å²) in [6, 6.07) is 10.4. The first kappa shape index (κ1) is 10.6. The summed E-state index contributed by atoms with van der Waals surface area (Å²) in [5.41, 5.74) is 1.33. The van der Waals surface area contributed by atoms with Gasteiger partial charge in [0.1, 0.15) is 0 Å². The molecule has 1 amide bonds. The number of thioether (sulfide) groups is 1. The van der Waals surface area contributed by atoms with Crippen LogP contribution in [0.2, 0.25) is 0 Å². The van der Waals surface area contributed by atoms with Crippen LogP contribution in [0.15, 0.2) is 30.3 Å². The average molecular weight is 221 g/mol. The molecule has 1 heterocycles. The molecule has 1 unspecified atom stereocenters. The first-order valence-electron chi connectivity index (χ1n) is 5.19. The van der Waals surface area contributed by atoms with E-state index in [0.717, 1.165) is 18.8 Å². The van der Waals surface area contributed by atoms with E-state index in [-0.39, 0.29) is 5.91 Å².